The Bertz CT molecular complexity index is 106. The van der Waals surface area contributed by atoms with E-state index in [1.165, 1.54) is 31.0 Å². The van der Waals surface area contributed by atoms with Gasteiger partial charge in [0.25, 0.3) is 0 Å². The molecule has 2 unspecified atom stereocenters. The summed E-state index contributed by atoms with van der Waals surface area (Å²) in [4.78, 5) is 0. The van der Waals surface area contributed by atoms with Crippen LogP contribution in [-0.4, -0.2) is 24.6 Å². The van der Waals surface area contributed by atoms with Crippen molar-refractivity contribution in [1.82, 2.24) is 5.32 Å². The molecular weight excluding hydrogens is 154 g/mol. The van der Waals surface area contributed by atoms with Crippen LogP contribution in [0.2, 0.25) is 0 Å². The average molecular weight is 173 g/mol. The Kier molecular flexibility index (Phi) is 4.31. The van der Waals surface area contributed by atoms with Gasteiger partial charge in [-0.1, -0.05) is 13.8 Å². The van der Waals surface area contributed by atoms with Gasteiger partial charge in [-0.3, -0.25) is 0 Å². The summed E-state index contributed by atoms with van der Waals surface area (Å²) in [5, 5.41) is 3.49. The van der Waals surface area contributed by atoms with Crippen molar-refractivity contribution in [2.24, 2.45) is 11.8 Å². The molecule has 0 aromatic carbocycles. The highest BCUT2D eigenvalue weighted by atomic mass is 32.2. The van der Waals surface area contributed by atoms with Gasteiger partial charge in [0, 0.05) is 12.3 Å². The van der Waals surface area contributed by atoms with Gasteiger partial charge >= 0.3 is 0 Å². The molecule has 1 saturated carbocycles. The van der Waals surface area contributed by atoms with Crippen LogP contribution in [0.25, 0.3) is 0 Å². The van der Waals surface area contributed by atoms with E-state index in [0.717, 1.165) is 11.8 Å². The third kappa shape index (κ3) is 4.02. The lowest BCUT2D eigenvalue weighted by Crippen LogP contribution is -2.20. The average Bonchev–Trinajstić information content (AvgIpc) is 2.67. The molecule has 2 atom stereocenters. The van der Waals surface area contributed by atoms with Crippen molar-refractivity contribution in [2.45, 2.75) is 20.3 Å². The van der Waals surface area contributed by atoms with Gasteiger partial charge in [-0.05, 0) is 30.6 Å². The minimum absolute atomic E-state index is 1.00. The van der Waals surface area contributed by atoms with Crippen LogP contribution in [0, 0.1) is 11.8 Å². The van der Waals surface area contributed by atoms with Gasteiger partial charge < -0.3 is 5.32 Å². The first-order valence-corrected chi connectivity index (χ1v) is 5.78. The SMILES string of the molecule is CCSCCNCC1CC1C. The molecule has 0 spiro atoms. The first-order chi connectivity index (χ1) is 5.34. The van der Waals surface area contributed by atoms with E-state index in [9.17, 15) is 0 Å². The van der Waals surface area contributed by atoms with Crippen molar-refractivity contribution in [3.8, 4) is 0 Å². The summed E-state index contributed by atoms with van der Waals surface area (Å²) in [6.45, 7) is 7.01. The molecule has 0 radical (unpaired) electrons. The third-order valence-corrected chi connectivity index (χ3v) is 3.21. The van der Waals surface area contributed by atoms with E-state index >= 15 is 0 Å². The predicted molar refractivity (Wildman–Crippen MR) is 53.1 cm³/mol. The van der Waals surface area contributed by atoms with Crippen molar-refractivity contribution in [3.63, 3.8) is 0 Å². The van der Waals surface area contributed by atoms with E-state index in [-0.39, 0.29) is 0 Å². The second kappa shape index (κ2) is 5.04. The van der Waals surface area contributed by atoms with Crippen molar-refractivity contribution in [2.75, 3.05) is 24.6 Å². The fourth-order valence-corrected chi connectivity index (χ4v) is 1.84. The molecule has 0 aliphatic heterocycles. The van der Waals surface area contributed by atoms with Crippen LogP contribution in [-0.2, 0) is 0 Å². The monoisotopic (exact) mass is 173 g/mol. The van der Waals surface area contributed by atoms with Gasteiger partial charge in [0.2, 0.25) is 0 Å². The van der Waals surface area contributed by atoms with Crippen LogP contribution in [0.5, 0.6) is 0 Å². The van der Waals surface area contributed by atoms with E-state index in [1.54, 1.807) is 0 Å². The first kappa shape index (κ1) is 9.40. The molecule has 0 amide bonds. The summed E-state index contributed by atoms with van der Waals surface area (Å²) in [6, 6.07) is 0. The highest BCUT2D eigenvalue weighted by Gasteiger charge is 2.31. The smallest absolute Gasteiger partial charge is 0.00580 e. The van der Waals surface area contributed by atoms with E-state index in [2.05, 4.69) is 19.2 Å². The largest absolute Gasteiger partial charge is 0.316 e. The summed E-state index contributed by atoms with van der Waals surface area (Å²) in [6.07, 6.45) is 1.45. The Labute approximate surface area is 74.3 Å². The lowest BCUT2D eigenvalue weighted by Gasteiger charge is -2.01. The van der Waals surface area contributed by atoms with Gasteiger partial charge in [-0.2, -0.15) is 11.8 Å². The molecule has 2 heteroatoms. The first-order valence-electron chi connectivity index (χ1n) is 4.63. The molecule has 0 saturated heterocycles. The Hall–Kier alpha value is 0.310. The van der Waals surface area contributed by atoms with Crippen LogP contribution >= 0.6 is 11.8 Å². The molecule has 1 rings (SSSR count). The lowest BCUT2D eigenvalue weighted by atomic mass is 10.3. The number of hydrogen-bond donors (Lipinski definition) is 1. The van der Waals surface area contributed by atoms with Crippen molar-refractivity contribution in [3.05, 3.63) is 0 Å². The second-order valence-corrected chi connectivity index (χ2v) is 4.77. The maximum Gasteiger partial charge on any atom is 0.00580 e. The molecule has 1 N–H and O–H groups in total. The molecule has 0 bridgehead atoms. The highest BCUT2D eigenvalue weighted by Crippen LogP contribution is 2.36. The van der Waals surface area contributed by atoms with Crippen molar-refractivity contribution < 1.29 is 0 Å². The topological polar surface area (TPSA) is 12.0 Å². The van der Waals surface area contributed by atoms with Crippen LogP contribution in [0.1, 0.15) is 20.3 Å². The molecule has 0 aromatic heterocycles. The van der Waals surface area contributed by atoms with Gasteiger partial charge in [0.15, 0.2) is 0 Å². The predicted octanol–water partition coefficient (Wildman–Crippen LogP) is 1.99. The molecule has 66 valence electrons. The lowest BCUT2D eigenvalue weighted by molar-refractivity contribution is 0.634. The molecule has 0 heterocycles. The Morgan fingerprint density at radius 1 is 1.55 bits per heavy atom. The summed E-state index contributed by atoms with van der Waals surface area (Å²) < 4.78 is 0. The number of thioether (sulfide) groups is 1. The van der Waals surface area contributed by atoms with E-state index in [1.807, 2.05) is 11.8 Å². The molecule has 1 fully saturated rings. The van der Waals surface area contributed by atoms with Crippen molar-refractivity contribution >= 4 is 11.8 Å². The standard InChI is InChI=1S/C9H19NS/c1-3-11-5-4-10-7-9-6-8(9)2/h8-10H,3-7H2,1-2H3. The third-order valence-electron chi connectivity index (χ3n) is 2.31. The molecule has 0 aromatic rings. The zero-order chi connectivity index (χ0) is 8.10. The number of nitrogens with one attached hydrogen (secondary N) is 1. The second-order valence-electron chi connectivity index (χ2n) is 3.37. The maximum absolute atomic E-state index is 3.49. The fourth-order valence-electron chi connectivity index (χ4n) is 1.26. The van der Waals surface area contributed by atoms with Crippen LogP contribution in [0.15, 0.2) is 0 Å². The van der Waals surface area contributed by atoms with Gasteiger partial charge in [-0.15, -0.1) is 0 Å². The van der Waals surface area contributed by atoms with Crippen LogP contribution in [0.4, 0.5) is 0 Å². The summed E-state index contributed by atoms with van der Waals surface area (Å²) in [5.74, 6) is 4.53. The molecule has 1 aliphatic carbocycles. The minimum atomic E-state index is 1.00. The van der Waals surface area contributed by atoms with Gasteiger partial charge in [-0.25, -0.2) is 0 Å². The zero-order valence-electron chi connectivity index (χ0n) is 7.60. The Morgan fingerprint density at radius 2 is 2.27 bits per heavy atom. The normalized spacial score (nSPS) is 28.9. The van der Waals surface area contributed by atoms with Crippen LogP contribution in [0.3, 0.4) is 0 Å². The van der Waals surface area contributed by atoms with E-state index < -0.39 is 0 Å². The highest BCUT2D eigenvalue weighted by molar-refractivity contribution is 7.99. The molecule has 1 nitrogen and oxygen atoms in total. The van der Waals surface area contributed by atoms with Crippen molar-refractivity contribution in [1.29, 1.82) is 0 Å². The van der Waals surface area contributed by atoms with E-state index in [0.29, 0.717) is 0 Å². The minimum Gasteiger partial charge on any atom is -0.316 e. The molecule has 11 heavy (non-hydrogen) atoms. The number of rotatable bonds is 6. The summed E-state index contributed by atoms with van der Waals surface area (Å²) in [5.41, 5.74) is 0. The summed E-state index contributed by atoms with van der Waals surface area (Å²) in [7, 11) is 0. The molecule has 1 aliphatic rings. The molecular formula is C9H19NS. The Balaban J connectivity index is 1.74. The zero-order valence-corrected chi connectivity index (χ0v) is 8.41. The van der Waals surface area contributed by atoms with Gasteiger partial charge in [0.1, 0.15) is 0 Å². The van der Waals surface area contributed by atoms with E-state index in [4.69, 9.17) is 0 Å². The van der Waals surface area contributed by atoms with Crippen LogP contribution < -0.4 is 5.32 Å². The number of hydrogen-bond acceptors (Lipinski definition) is 2. The fraction of sp³-hybridized carbons (Fsp3) is 1.00. The van der Waals surface area contributed by atoms with Gasteiger partial charge in [0.05, 0.1) is 0 Å². The summed E-state index contributed by atoms with van der Waals surface area (Å²) >= 11 is 2.02. The quantitative estimate of drug-likeness (QED) is 0.616. The maximum atomic E-state index is 3.49. The Morgan fingerprint density at radius 3 is 2.82 bits per heavy atom.